The number of ether oxygens (including phenoxy) is 2. The third-order valence-corrected chi connectivity index (χ3v) is 6.55. The molecule has 2 aliphatic rings. The van der Waals surface area contributed by atoms with Crippen molar-refractivity contribution in [3.05, 3.63) is 71.3 Å². The molecule has 2 aromatic carbocycles. The van der Waals surface area contributed by atoms with Crippen LogP contribution in [0.2, 0.25) is 0 Å². The second kappa shape index (κ2) is 7.58. The molecule has 2 aromatic rings. The average molecular weight is 448 g/mol. The van der Waals surface area contributed by atoms with E-state index in [0.29, 0.717) is 16.9 Å². The molecule has 6 nitrogen and oxygen atoms in total. The summed E-state index contributed by atoms with van der Waals surface area (Å²) in [6.45, 7) is 9.91. The van der Waals surface area contributed by atoms with Gasteiger partial charge in [-0.1, -0.05) is 57.2 Å². The Kier molecular flexibility index (Phi) is 5.23. The number of carbonyl (C=O) groups excluding carboxylic acids is 3. The van der Waals surface area contributed by atoms with Gasteiger partial charge in [-0.15, -0.1) is 0 Å². The van der Waals surface area contributed by atoms with Crippen LogP contribution in [0, 0.1) is 0 Å². The first kappa shape index (κ1) is 22.8. The maximum atomic E-state index is 13.8. The minimum Gasteiger partial charge on any atom is -0.497 e. The molecule has 2 aliphatic heterocycles. The van der Waals surface area contributed by atoms with Gasteiger partial charge >= 0.3 is 5.97 Å². The molecular formula is C27H29NO5. The molecule has 0 saturated carbocycles. The van der Waals surface area contributed by atoms with E-state index in [1.54, 1.807) is 33.1 Å². The van der Waals surface area contributed by atoms with Gasteiger partial charge in [-0.05, 0) is 48.1 Å². The largest absolute Gasteiger partial charge is 0.497 e. The van der Waals surface area contributed by atoms with Crippen molar-refractivity contribution in [1.29, 1.82) is 0 Å². The Morgan fingerprint density at radius 1 is 0.939 bits per heavy atom. The van der Waals surface area contributed by atoms with Crippen molar-refractivity contribution < 1.29 is 23.9 Å². The first-order valence-electron chi connectivity index (χ1n) is 11.0. The molecule has 1 amide bonds. The lowest BCUT2D eigenvalue weighted by atomic mass is 9.81. The summed E-state index contributed by atoms with van der Waals surface area (Å²) >= 11 is 0. The van der Waals surface area contributed by atoms with Gasteiger partial charge in [0.1, 0.15) is 11.3 Å². The quantitative estimate of drug-likeness (QED) is 0.522. The summed E-state index contributed by atoms with van der Waals surface area (Å²) in [5.41, 5.74) is -0.306. The molecule has 0 aromatic heterocycles. The lowest BCUT2D eigenvalue weighted by Gasteiger charge is -2.29. The van der Waals surface area contributed by atoms with Crippen molar-refractivity contribution in [3.8, 4) is 5.75 Å². The number of likely N-dealkylation sites (tertiary alicyclic amines) is 1. The van der Waals surface area contributed by atoms with Crippen molar-refractivity contribution in [2.45, 2.75) is 57.7 Å². The third kappa shape index (κ3) is 3.54. The first-order chi connectivity index (χ1) is 15.4. The fourth-order valence-electron chi connectivity index (χ4n) is 4.50. The van der Waals surface area contributed by atoms with E-state index in [9.17, 15) is 14.4 Å². The molecule has 1 atom stereocenters. The molecule has 0 bridgehead atoms. The van der Waals surface area contributed by atoms with Crippen LogP contribution < -0.4 is 4.74 Å². The summed E-state index contributed by atoms with van der Waals surface area (Å²) in [4.78, 5) is 41.4. The number of rotatable bonds is 4. The van der Waals surface area contributed by atoms with Gasteiger partial charge in [-0.2, -0.15) is 0 Å². The van der Waals surface area contributed by atoms with Gasteiger partial charge in [-0.3, -0.25) is 9.59 Å². The summed E-state index contributed by atoms with van der Waals surface area (Å²) < 4.78 is 10.7. The topological polar surface area (TPSA) is 72.9 Å². The Bertz CT molecular complexity index is 1150. The molecule has 0 radical (unpaired) electrons. The molecule has 6 heteroatoms. The average Bonchev–Trinajstić information content (AvgIpc) is 3.19. The van der Waals surface area contributed by atoms with E-state index in [1.165, 1.54) is 11.0 Å². The zero-order chi connectivity index (χ0) is 24.2. The minimum absolute atomic E-state index is 0.0528. The van der Waals surface area contributed by atoms with Crippen LogP contribution in [0.4, 0.5) is 0 Å². The summed E-state index contributed by atoms with van der Waals surface area (Å²) in [5.74, 6) is -0.948. The minimum atomic E-state index is -1.96. The lowest BCUT2D eigenvalue weighted by molar-refractivity contribution is -0.159. The molecule has 1 saturated heterocycles. The van der Waals surface area contributed by atoms with Gasteiger partial charge in [0.25, 0.3) is 11.5 Å². The highest BCUT2D eigenvalue weighted by Crippen LogP contribution is 2.47. The first-order valence-corrected chi connectivity index (χ1v) is 11.0. The van der Waals surface area contributed by atoms with E-state index in [4.69, 9.17) is 9.47 Å². The third-order valence-electron chi connectivity index (χ3n) is 6.55. The zero-order valence-electron chi connectivity index (χ0n) is 19.9. The highest BCUT2D eigenvalue weighted by Gasteiger charge is 2.69. The van der Waals surface area contributed by atoms with Crippen LogP contribution >= 0.6 is 0 Å². The molecule has 33 heavy (non-hydrogen) atoms. The summed E-state index contributed by atoms with van der Waals surface area (Å²) in [6, 6.07) is 14.9. The van der Waals surface area contributed by atoms with E-state index < -0.39 is 28.8 Å². The van der Waals surface area contributed by atoms with Crippen LogP contribution in [0.25, 0.3) is 5.57 Å². The van der Waals surface area contributed by atoms with Crippen molar-refractivity contribution >= 4 is 23.2 Å². The molecule has 172 valence electrons. The van der Waals surface area contributed by atoms with Crippen LogP contribution in [0.5, 0.6) is 5.75 Å². The van der Waals surface area contributed by atoms with Crippen LogP contribution in [0.3, 0.4) is 0 Å². The van der Waals surface area contributed by atoms with Gasteiger partial charge in [-0.25, -0.2) is 4.79 Å². The number of amides is 1. The number of ketones is 1. The van der Waals surface area contributed by atoms with E-state index in [-0.39, 0.29) is 12.0 Å². The van der Waals surface area contributed by atoms with Gasteiger partial charge in [0.2, 0.25) is 5.78 Å². The van der Waals surface area contributed by atoms with E-state index in [0.717, 1.165) is 11.1 Å². The van der Waals surface area contributed by atoms with Gasteiger partial charge in [0, 0.05) is 18.2 Å². The SMILES string of the molecule is COc1ccc(CN2C(=O)C3(OC(=O)C=C3c3ccc(C(C)(C)C)cc3)C(=O)C2(C)C)cc1. The molecular weight excluding hydrogens is 418 g/mol. The number of Topliss-reactive ketones (excluding diaryl/α,β-unsaturated/α-hetero) is 1. The molecule has 1 fully saturated rings. The molecule has 0 aliphatic carbocycles. The van der Waals surface area contributed by atoms with Gasteiger partial charge in [0.05, 0.1) is 7.11 Å². The molecule has 1 spiro atoms. The van der Waals surface area contributed by atoms with Gasteiger partial charge < -0.3 is 14.4 Å². The number of hydrogen-bond acceptors (Lipinski definition) is 5. The maximum absolute atomic E-state index is 13.8. The van der Waals surface area contributed by atoms with E-state index in [2.05, 4.69) is 20.8 Å². The predicted molar refractivity (Wildman–Crippen MR) is 125 cm³/mol. The van der Waals surface area contributed by atoms with Crippen LogP contribution in [0.15, 0.2) is 54.6 Å². The molecule has 2 heterocycles. The summed E-state index contributed by atoms with van der Waals surface area (Å²) in [6.07, 6.45) is 1.27. The van der Waals surface area contributed by atoms with Crippen molar-refractivity contribution in [1.82, 2.24) is 4.90 Å². The maximum Gasteiger partial charge on any atom is 0.333 e. The Morgan fingerprint density at radius 3 is 2.09 bits per heavy atom. The smallest absolute Gasteiger partial charge is 0.333 e. The highest BCUT2D eigenvalue weighted by molar-refractivity contribution is 6.31. The molecule has 0 N–H and O–H groups in total. The fourth-order valence-corrected chi connectivity index (χ4v) is 4.50. The summed E-state index contributed by atoms with van der Waals surface area (Å²) in [7, 11) is 1.58. The Morgan fingerprint density at radius 2 is 1.55 bits per heavy atom. The number of hydrogen-bond donors (Lipinski definition) is 0. The number of benzene rings is 2. The molecule has 1 unspecified atom stereocenters. The Balaban J connectivity index is 1.74. The van der Waals surface area contributed by atoms with E-state index >= 15 is 0 Å². The Labute approximate surface area is 194 Å². The van der Waals surface area contributed by atoms with Crippen molar-refractivity contribution in [2.75, 3.05) is 7.11 Å². The monoisotopic (exact) mass is 447 g/mol. The Hall–Kier alpha value is -3.41. The highest BCUT2D eigenvalue weighted by atomic mass is 16.6. The number of carbonyl (C=O) groups is 3. The lowest BCUT2D eigenvalue weighted by Crippen LogP contribution is -2.46. The van der Waals surface area contributed by atoms with Crippen molar-refractivity contribution in [3.63, 3.8) is 0 Å². The number of nitrogens with zero attached hydrogens (tertiary/aromatic N) is 1. The standard InChI is InChI=1S/C27H29NO5/c1-25(2,3)19-11-9-18(10-12-19)21-15-22(29)33-27(21)23(30)26(4,5)28(24(27)31)16-17-7-13-20(32-6)14-8-17/h7-15H,16H2,1-6H3. The predicted octanol–water partition coefficient (Wildman–Crippen LogP) is 4.06. The zero-order valence-corrected chi connectivity index (χ0v) is 19.9. The summed E-state index contributed by atoms with van der Waals surface area (Å²) in [5, 5.41) is 0. The van der Waals surface area contributed by atoms with Crippen LogP contribution in [-0.2, 0) is 31.1 Å². The fraction of sp³-hybridized carbons (Fsp3) is 0.370. The second-order valence-corrected chi connectivity index (χ2v) is 10.1. The normalized spacial score (nSPS) is 22.1. The van der Waals surface area contributed by atoms with Crippen LogP contribution in [0.1, 0.15) is 51.3 Å². The number of methoxy groups -OCH3 is 1. The molecule has 4 rings (SSSR count). The van der Waals surface area contributed by atoms with E-state index in [1.807, 2.05) is 36.4 Å². The number of esters is 1. The van der Waals surface area contributed by atoms with Crippen molar-refractivity contribution in [2.24, 2.45) is 0 Å². The van der Waals surface area contributed by atoms with Gasteiger partial charge in [0.15, 0.2) is 0 Å². The second-order valence-electron chi connectivity index (χ2n) is 10.1. The van der Waals surface area contributed by atoms with Crippen LogP contribution in [-0.4, -0.2) is 40.8 Å².